The number of thiophene rings is 2. The van der Waals surface area contributed by atoms with Crippen LogP contribution < -0.4 is 26.8 Å². The SMILES string of the molecule is COc1cccc(Nc2nc(N=C(N)c3ccc(SC)s3)cs2)c1.CSc1ccc(C(N)=Nc2csc(Nc3ccccc3Cl)n2)s1. The summed E-state index contributed by atoms with van der Waals surface area (Å²) < 4.78 is 7.63. The van der Waals surface area contributed by atoms with Crippen molar-refractivity contribution in [1.82, 2.24) is 9.97 Å². The van der Waals surface area contributed by atoms with E-state index in [2.05, 4.69) is 30.6 Å². The van der Waals surface area contributed by atoms with Gasteiger partial charge in [-0.2, -0.15) is 0 Å². The third-order valence-corrected chi connectivity index (χ3v) is 12.2. The Balaban J connectivity index is 0.000000185. The summed E-state index contributed by atoms with van der Waals surface area (Å²) in [4.78, 5) is 19.6. The molecule has 47 heavy (non-hydrogen) atoms. The summed E-state index contributed by atoms with van der Waals surface area (Å²) in [6, 6.07) is 23.3. The van der Waals surface area contributed by atoms with Gasteiger partial charge in [-0.1, -0.05) is 29.8 Å². The molecule has 0 radical (unpaired) electrons. The molecular formula is C31H29ClN8OS6. The van der Waals surface area contributed by atoms with E-state index >= 15 is 0 Å². The number of thiazole rings is 2. The van der Waals surface area contributed by atoms with Gasteiger partial charge < -0.3 is 26.8 Å². The van der Waals surface area contributed by atoms with Gasteiger partial charge in [0.1, 0.15) is 17.4 Å². The van der Waals surface area contributed by atoms with E-state index in [1.165, 1.54) is 31.1 Å². The summed E-state index contributed by atoms with van der Waals surface area (Å²) >= 11 is 15.7. The lowest BCUT2D eigenvalue weighted by Gasteiger charge is -2.04. The number of halogens is 1. The Hall–Kier alpha value is -3.57. The fourth-order valence-corrected chi connectivity index (χ4v) is 8.10. The molecular weight excluding hydrogens is 728 g/mol. The van der Waals surface area contributed by atoms with E-state index in [0.29, 0.717) is 28.3 Å². The van der Waals surface area contributed by atoms with Crippen LogP contribution in [-0.2, 0) is 0 Å². The van der Waals surface area contributed by atoms with E-state index in [9.17, 15) is 0 Å². The van der Waals surface area contributed by atoms with Crippen LogP contribution in [0.5, 0.6) is 5.75 Å². The molecule has 0 unspecified atom stereocenters. The number of hydrogen-bond acceptors (Lipinski definition) is 13. The molecule has 6 rings (SSSR count). The molecule has 4 aromatic heterocycles. The van der Waals surface area contributed by atoms with Crippen molar-refractivity contribution in [3.63, 3.8) is 0 Å². The van der Waals surface area contributed by atoms with E-state index in [0.717, 1.165) is 37.1 Å². The number of anilines is 4. The molecule has 0 spiro atoms. The lowest BCUT2D eigenvalue weighted by molar-refractivity contribution is 0.415. The van der Waals surface area contributed by atoms with Gasteiger partial charge in [-0.25, -0.2) is 20.0 Å². The van der Waals surface area contributed by atoms with Gasteiger partial charge in [-0.15, -0.1) is 68.9 Å². The topological polar surface area (TPSA) is 136 Å². The van der Waals surface area contributed by atoms with Gasteiger partial charge >= 0.3 is 0 Å². The number of nitrogens with zero attached hydrogens (tertiary/aromatic N) is 4. The number of aromatic nitrogens is 2. The zero-order valence-electron chi connectivity index (χ0n) is 25.3. The Kier molecular flexibility index (Phi) is 12.6. The minimum Gasteiger partial charge on any atom is -0.497 e. The molecule has 4 heterocycles. The fourth-order valence-electron chi connectivity index (χ4n) is 3.74. The molecule has 0 atom stereocenters. The maximum atomic E-state index is 6.13. The number of ether oxygens (including phenoxy) is 1. The van der Waals surface area contributed by atoms with Crippen LogP contribution in [0.25, 0.3) is 0 Å². The van der Waals surface area contributed by atoms with Crippen molar-refractivity contribution in [3.05, 3.63) is 98.3 Å². The molecule has 0 bridgehead atoms. The number of methoxy groups -OCH3 is 1. The van der Waals surface area contributed by atoms with Crippen molar-refractivity contribution in [2.75, 3.05) is 30.3 Å². The Morgan fingerprint density at radius 2 is 1.34 bits per heavy atom. The molecule has 0 aliphatic heterocycles. The van der Waals surface area contributed by atoms with Gasteiger partial charge in [-0.05, 0) is 61.0 Å². The van der Waals surface area contributed by atoms with Crippen LogP contribution in [0.2, 0.25) is 5.02 Å². The van der Waals surface area contributed by atoms with Crippen molar-refractivity contribution in [2.45, 2.75) is 8.42 Å². The number of amidine groups is 2. The number of hydrogen-bond donors (Lipinski definition) is 4. The van der Waals surface area contributed by atoms with E-state index < -0.39 is 0 Å². The largest absolute Gasteiger partial charge is 0.497 e. The van der Waals surface area contributed by atoms with Gasteiger partial charge in [0.2, 0.25) is 0 Å². The molecule has 2 aromatic carbocycles. The molecule has 0 fully saturated rings. The van der Waals surface area contributed by atoms with Crippen molar-refractivity contribution in [1.29, 1.82) is 0 Å². The summed E-state index contributed by atoms with van der Waals surface area (Å²) in [5.41, 5.74) is 13.9. The van der Waals surface area contributed by atoms with Gasteiger partial charge in [0.15, 0.2) is 21.9 Å². The van der Waals surface area contributed by atoms with Crippen LogP contribution in [0, 0.1) is 0 Å². The minimum atomic E-state index is 0.477. The molecule has 6 N–H and O–H groups in total. The smallest absolute Gasteiger partial charge is 0.189 e. The summed E-state index contributed by atoms with van der Waals surface area (Å²) in [5.74, 6) is 2.94. The molecule has 6 aromatic rings. The quantitative estimate of drug-likeness (QED) is 0.0579. The first-order valence-corrected chi connectivity index (χ1v) is 19.9. The van der Waals surface area contributed by atoms with Crippen LogP contribution in [0.3, 0.4) is 0 Å². The van der Waals surface area contributed by atoms with Crippen molar-refractivity contribution in [3.8, 4) is 5.75 Å². The molecule has 0 amide bonds. The van der Waals surface area contributed by atoms with Gasteiger partial charge in [0, 0.05) is 22.5 Å². The highest BCUT2D eigenvalue weighted by molar-refractivity contribution is 8.00. The highest BCUT2D eigenvalue weighted by atomic mass is 35.5. The Morgan fingerprint density at radius 3 is 1.87 bits per heavy atom. The molecule has 9 nitrogen and oxygen atoms in total. The number of para-hydroxylation sites is 1. The summed E-state index contributed by atoms with van der Waals surface area (Å²) in [5, 5.41) is 12.3. The van der Waals surface area contributed by atoms with Gasteiger partial charge in [0.05, 0.1) is 36.0 Å². The third kappa shape index (κ3) is 9.96. The van der Waals surface area contributed by atoms with E-state index in [-0.39, 0.29) is 0 Å². The first-order chi connectivity index (χ1) is 22.8. The average Bonchev–Trinajstić information content (AvgIpc) is 3.91. The number of nitrogens with two attached hydrogens (primary N) is 2. The number of rotatable bonds is 11. The van der Waals surface area contributed by atoms with Crippen molar-refractivity contribution in [2.24, 2.45) is 21.5 Å². The Bertz CT molecular complexity index is 1980. The molecule has 0 saturated heterocycles. The zero-order valence-corrected chi connectivity index (χ0v) is 30.9. The average molecular weight is 757 g/mol. The van der Waals surface area contributed by atoms with E-state index in [4.69, 9.17) is 27.8 Å². The summed E-state index contributed by atoms with van der Waals surface area (Å²) in [7, 11) is 1.64. The Morgan fingerprint density at radius 1 is 0.766 bits per heavy atom. The lowest BCUT2D eigenvalue weighted by Crippen LogP contribution is -2.10. The van der Waals surface area contributed by atoms with E-state index in [1.54, 1.807) is 53.3 Å². The maximum absolute atomic E-state index is 6.13. The van der Waals surface area contributed by atoms with Crippen LogP contribution >= 0.6 is 80.5 Å². The van der Waals surface area contributed by atoms with Crippen LogP contribution in [0.1, 0.15) is 9.75 Å². The standard InChI is InChI=1S/C16H16N4OS3.C15H13ClN4S3/c1-21-11-5-3-4-10(8-11)18-16-20-13(9-23-16)19-15(17)12-6-7-14(22-2)24-12;1-21-13-7-6-11(23-13)14(17)19-12-8-22-15(20-12)18-10-5-3-2-4-9(10)16/h3-9H,1-2H3,(H2,17,19)(H,18,20);2-8H,1H3,(H2,17,19)(H,18,20). The third-order valence-electron chi connectivity index (χ3n) is 5.96. The van der Waals surface area contributed by atoms with Crippen LogP contribution in [0.4, 0.5) is 33.3 Å². The zero-order chi connectivity index (χ0) is 33.2. The summed E-state index contributed by atoms with van der Waals surface area (Å²) in [6.45, 7) is 0. The number of thioether (sulfide) groups is 2. The van der Waals surface area contributed by atoms with E-state index in [1.807, 2.05) is 96.1 Å². The maximum Gasteiger partial charge on any atom is 0.189 e. The highest BCUT2D eigenvalue weighted by Crippen LogP contribution is 2.31. The Labute approximate surface area is 302 Å². The predicted octanol–water partition coefficient (Wildman–Crippen LogP) is 10.1. The lowest BCUT2D eigenvalue weighted by atomic mass is 10.3. The first kappa shape index (κ1) is 34.8. The molecule has 0 aliphatic carbocycles. The van der Waals surface area contributed by atoms with Gasteiger partial charge in [-0.3, -0.25) is 0 Å². The number of aliphatic imine (C=N–C) groups is 2. The minimum absolute atomic E-state index is 0.477. The predicted molar refractivity (Wildman–Crippen MR) is 208 cm³/mol. The second kappa shape index (κ2) is 17.0. The fraction of sp³-hybridized carbons (Fsp3) is 0.0968. The highest BCUT2D eigenvalue weighted by Gasteiger charge is 2.09. The van der Waals surface area contributed by atoms with Crippen LogP contribution in [0.15, 0.2) is 102 Å². The van der Waals surface area contributed by atoms with Gasteiger partial charge in [0.25, 0.3) is 0 Å². The number of benzene rings is 2. The second-order valence-electron chi connectivity index (χ2n) is 9.12. The molecule has 242 valence electrons. The molecule has 0 aliphatic rings. The van der Waals surface area contributed by atoms with Crippen molar-refractivity contribution >= 4 is 125 Å². The van der Waals surface area contributed by atoms with Crippen LogP contribution in [-0.4, -0.2) is 41.3 Å². The molecule has 0 saturated carbocycles. The normalized spacial score (nSPS) is 11.6. The second-order valence-corrected chi connectivity index (χ2v) is 15.6. The summed E-state index contributed by atoms with van der Waals surface area (Å²) in [6.07, 6.45) is 4.08. The molecule has 16 heteroatoms. The monoisotopic (exact) mass is 756 g/mol. The number of nitrogens with one attached hydrogen (secondary N) is 2. The first-order valence-electron chi connectivity index (χ1n) is 13.6. The van der Waals surface area contributed by atoms with Crippen molar-refractivity contribution < 1.29 is 4.74 Å².